The van der Waals surface area contributed by atoms with Gasteiger partial charge in [-0.2, -0.15) is 13.2 Å². The lowest BCUT2D eigenvalue weighted by Gasteiger charge is -2.35. The van der Waals surface area contributed by atoms with Crippen molar-refractivity contribution in [2.45, 2.75) is 18.8 Å². The first-order valence-corrected chi connectivity index (χ1v) is 5.58. The fraction of sp³-hybridized carbons (Fsp3) is 0.545. The number of hydrogen-bond acceptors (Lipinski definition) is 2. The molecule has 1 aromatic rings. The molecule has 1 aliphatic heterocycles. The molecule has 1 fully saturated rings. The monoisotopic (exact) mass is 261 g/mol. The fourth-order valence-corrected chi connectivity index (χ4v) is 1.83. The molecule has 4 nitrogen and oxygen atoms in total. The first kappa shape index (κ1) is 12.9. The number of rotatable bonds is 3. The van der Waals surface area contributed by atoms with E-state index in [0.29, 0.717) is 13.1 Å². The van der Waals surface area contributed by atoms with Crippen LogP contribution in [0.2, 0.25) is 0 Å². The second-order valence-corrected chi connectivity index (χ2v) is 4.36. The highest BCUT2D eigenvalue weighted by molar-refractivity contribution is 5.92. The fourth-order valence-electron chi connectivity index (χ4n) is 1.83. The van der Waals surface area contributed by atoms with E-state index >= 15 is 0 Å². The molecule has 0 aliphatic carbocycles. The van der Waals surface area contributed by atoms with Crippen molar-refractivity contribution in [3.8, 4) is 0 Å². The summed E-state index contributed by atoms with van der Waals surface area (Å²) in [5.74, 6) is -0.379. The normalized spacial score (nSPS) is 16.4. The molecule has 0 unspecified atom stereocenters. The maximum absolute atomic E-state index is 12.3. The van der Waals surface area contributed by atoms with Gasteiger partial charge in [-0.05, 0) is 12.1 Å². The first-order chi connectivity index (χ1) is 8.38. The van der Waals surface area contributed by atoms with Gasteiger partial charge < -0.3 is 14.8 Å². The number of amides is 1. The molecular weight excluding hydrogens is 247 g/mol. The second-order valence-electron chi connectivity index (χ2n) is 4.36. The molecule has 1 aromatic heterocycles. The predicted octanol–water partition coefficient (Wildman–Crippen LogP) is 1.09. The number of hydrogen-bond donors (Lipinski definition) is 1. The first-order valence-electron chi connectivity index (χ1n) is 5.58. The summed E-state index contributed by atoms with van der Waals surface area (Å²) in [6, 6.07) is 2.93. The summed E-state index contributed by atoms with van der Waals surface area (Å²) in [5, 5.41) is 3.01. The van der Waals surface area contributed by atoms with Gasteiger partial charge in [-0.25, -0.2) is 0 Å². The topological polar surface area (TPSA) is 37.3 Å². The lowest BCUT2D eigenvalue weighted by molar-refractivity contribution is -0.140. The number of halogens is 3. The van der Waals surface area contributed by atoms with E-state index in [9.17, 15) is 18.0 Å². The summed E-state index contributed by atoms with van der Waals surface area (Å²) in [4.78, 5) is 13.5. The number of likely N-dealkylation sites (N-methyl/N-ethyl adjacent to an activating group) is 1. The van der Waals surface area contributed by atoms with E-state index in [1.165, 1.54) is 23.2 Å². The highest BCUT2D eigenvalue weighted by atomic mass is 19.4. The van der Waals surface area contributed by atoms with Crippen LogP contribution in [0.3, 0.4) is 0 Å². The minimum Gasteiger partial charge on any atom is -0.335 e. The number of carbonyl (C=O) groups excluding carboxylic acids is 1. The average Bonchev–Trinajstić information content (AvgIpc) is 2.59. The van der Waals surface area contributed by atoms with E-state index < -0.39 is 12.7 Å². The molecule has 18 heavy (non-hydrogen) atoms. The van der Waals surface area contributed by atoms with Crippen molar-refractivity contribution in [1.82, 2.24) is 14.8 Å². The van der Waals surface area contributed by atoms with E-state index in [-0.39, 0.29) is 17.6 Å². The van der Waals surface area contributed by atoms with Crippen LogP contribution in [0.5, 0.6) is 0 Å². The highest BCUT2D eigenvalue weighted by Crippen LogP contribution is 2.20. The molecule has 0 bridgehead atoms. The molecule has 0 atom stereocenters. The summed E-state index contributed by atoms with van der Waals surface area (Å²) in [6.45, 7) is 0.224. The van der Waals surface area contributed by atoms with Crippen molar-refractivity contribution < 1.29 is 18.0 Å². The lowest BCUT2D eigenvalue weighted by Crippen LogP contribution is -2.57. The lowest BCUT2D eigenvalue weighted by atomic mass is 10.1. The molecule has 0 aromatic carbocycles. The SMILES string of the molecule is CN(C(=O)c1cccn1CC(F)(F)F)C1CNC1. The molecule has 7 heteroatoms. The van der Waals surface area contributed by atoms with Crippen LogP contribution < -0.4 is 5.32 Å². The van der Waals surface area contributed by atoms with Crippen LogP contribution in [0.25, 0.3) is 0 Å². The van der Waals surface area contributed by atoms with Gasteiger partial charge in [-0.15, -0.1) is 0 Å². The smallest absolute Gasteiger partial charge is 0.335 e. The zero-order valence-corrected chi connectivity index (χ0v) is 9.87. The maximum Gasteiger partial charge on any atom is 0.406 e. The Hall–Kier alpha value is -1.50. The molecule has 2 heterocycles. The summed E-state index contributed by atoms with van der Waals surface area (Å²) in [6.07, 6.45) is -3.06. The Kier molecular flexibility index (Phi) is 3.34. The molecule has 100 valence electrons. The molecule has 0 radical (unpaired) electrons. The molecule has 1 aliphatic rings. The van der Waals surface area contributed by atoms with Gasteiger partial charge in [-0.1, -0.05) is 0 Å². The Morgan fingerprint density at radius 3 is 2.72 bits per heavy atom. The van der Waals surface area contributed by atoms with Crippen LogP contribution in [0.4, 0.5) is 13.2 Å². The minimum atomic E-state index is -4.33. The quantitative estimate of drug-likeness (QED) is 0.884. The predicted molar refractivity (Wildman–Crippen MR) is 59.2 cm³/mol. The molecule has 1 amide bonds. The summed E-state index contributed by atoms with van der Waals surface area (Å²) in [7, 11) is 1.61. The van der Waals surface area contributed by atoms with E-state index in [1.807, 2.05) is 0 Å². The largest absolute Gasteiger partial charge is 0.406 e. The summed E-state index contributed by atoms with van der Waals surface area (Å²) in [5.41, 5.74) is 0.0710. The Balaban J connectivity index is 2.12. The maximum atomic E-state index is 12.3. The number of carbonyl (C=O) groups is 1. The Labute approximate surface area is 102 Å². The molecule has 0 spiro atoms. The van der Waals surface area contributed by atoms with Crippen LogP contribution in [-0.2, 0) is 6.54 Å². The van der Waals surface area contributed by atoms with Crippen molar-refractivity contribution >= 4 is 5.91 Å². The van der Waals surface area contributed by atoms with Crippen LogP contribution in [0.15, 0.2) is 18.3 Å². The Morgan fingerprint density at radius 1 is 1.56 bits per heavy atom. The van der Waals surface area contributed by atoms with E-state index in [2.05, 4.69) is 5.32 Å². The van der Waals surface area contributed by atoms with Crippen molar-refractivity contribution in [3.63, 3.8) is 0 Å². The van der Waals surface area contributed by atoms with Gasteiger partial charge in [-0.3, -0.25) is 4.79 Å². The summed E-state index contributed by atoms with van der Waals surface area (Å²) >= 11 is 0. The number of alkyl halides is 3. The third-order valence-corrected chi connectivity index (χ3v) is 3.03. The number of nitrogens with one attached hydrogen (secondary N) is 1. The van der Waals surface area contributed by atoms with Gasteiger partial charge in [0.25, 0.3) is 5.91 Å². The van der Waals surface area contributed by atoms with Gasteiger partial charge in [0.1, 0.15) is 12.2 Å². The van der Waals surface area contributed by atoms with Gasteiger partial charge in [0.2, 0.25) is 0 Å². The standard InChI is InChI=1S/C11H14F3N3O/c1-16(8-5-15-6-8)10(18)9-3-2-4-17(9)7-11(12,13)14/h2-4,8,15H,5-7H2,1H3. The highest BCUT2D eigenvalue weighted by Gasteiger charge is 2.31. The van der Waals surface area contributed by atoms with Crippen molar-refractivity contribution in [2.24, 2.45) is 0 Å². The van der Waals surface area contributed by atoms with Gasteiger partial charge in [0, 0.05) is 26.3 Å². The summed E-state index contributed by atoms with van der Waals surface area (Å²) < 4.78 is 38.0. The van der Waals surface area contributed by atoms with Crippen molar-refractivity contribution in [2.75, 3.05) is 20.1 Å². The van der Waals surface area contributed by atoms with E-state index in [0.717, 1.165) is 4.57 Å². The van der Waals surface area contributed by atoms with Gasteiger partial charge in [0.15, 0.2) is 0 Å². The Bertz CT molecular complexity index is 437. The third-order valence-electron chi connectivity index (χ3n) is 3.03. The van der Waals surface area contributed by atoms with Gasteiger partial charge >= 0.3 is 6.18 Å². The molecule has 2 rings (SSSR count). The van der Waals surface area contributed by atoms with Crippen LogP contribution in [0, 0.1) is 0 Å². The second kappa shape index (κ2) is 4.64. The molecule has 1 N–H and O–H groups in total. The van der Waals surface area contributed by atoms with Crippen LogP contribution in [-0.4, -0.2) is 47.7 Å². The van der Waals surface area contributed by atoms with Crippen LogP contribution in [0.1, 0.15) is 10.5 Å². The number of aromatic nitrogens is 1. The van der Waals surface area contributed by atoms with Gasteiger partial charge in [0.05, 0.1) is 6.04 Å². The molecular formula is C11H14F3N3O. The minimum absolute atomic E-state index is 0.0618. The van der Waals surface area contributed by atoms with E-state index in [4.69, 9.17) is 0 Å². The zero-order chi connectivity index (χ0) is 13.3. The van der Waals surface area contributed by atoms with Crippen molar-refractivity contribution in [3.05, 3.63) is 24.0 Å². The Morgan fingerprint density at radius 2 is 2.22 bits per heavy atom. The molecule has 1 saturated heterocycles. The van der Waals surface area contributed by atoms with Crippen molar-refractivity contribution in [1.29, 1.82) is 0 Å². The molecule has 0 saturated carbocycles. The van der Waals surface area contributed by atoms with E-state index in [1.54, 1.807) is 7.05 Å². The number of nitrogens with zero attached hydrogens (tertiary/aromatic N) is 2. The third kappa shape index (κ3) is 2.66. The van der Waals surface area contributed by atoms with Crippen LogP contribution >= 0.6 is 0 Å². The zero-order valence-electron chi connectivity index (χ0n) is 9.87. The average molecular weight is 261 g/mol.